The molecule has 0 radical (unpaired) electrons. The van der Waals surface area contributed by atoms with E-state index >= 15 is 0 Å². The van der Waals surface area contributed by atoms with Crippen LogP contribution in [0.15, 0.2) is 47.6 Å². The smallest absolute Gasteiger partial charge is 0.0671 e. The lowest BCUT2D eigenvalue weighted by Crippen LogP contribution is -2.13. The van der Waals surface area contributed by atoms with E-state index in [1.54, 1.807) is 0 Å². The van der Waals surface area contributed by atoms with Crippen molar-refractivity contribution in [2.24, 2.45) is 5.10 Å². The molecule has 0 spiro atoms. The minimum absolute atomic E-state index is 0.758. The lowest BCUT2D eigenvalue weighted by atomic mass is 10.1. The van der Waals surface area contributed by atoms with Crippen LogP contribution in [-0.4, -0.2) is 12.8 Å². The van der Waals surface area contributed by atoms with Crippen LogP contribution in [0.1, 0.15) is 23.6 Å². The van der Waals surface area contributed by atoms with Crippen molar-refractivity contribution < 1.29 is 0 Å². The number of nitrogens with zero attached hydrogens (tertiary/aromatic N) is 2. The molecule has 2 aromatic carbocycles. The van der Waals surface area contributed by atoms with Crippen LogP contribution in [0.25, 0.3) is 0 Å². The van der Waals surface area contributed by atoms with E-state index in [2.05, 4.69) is 49.3 Å². The number of hydrazone groups is 1. The first-order valence-electron chi connectivity index (χ1n) is 6.69. The summed E-state index contributed by atoms with van der Waals surface area (Å²) in [6, 6.07) is 14.3. The predicted molar refractivity (Wildman–Crippen MR) is 87.4 cm³/mol. The van der Waals surface area contributed by atoms with E-state index in [4.69, 9.17) is 5.73 Å². The van der Waals surface area contributed by atoms with E-state index in [1.807, 2.05) is 31.1 Å². The summed E-state index contributed by atoms with van der Waals surface area (Å²) < 4.78 is 0. The van der Waals surface area contributed by atoms with Gasteiger partial charge in [0.1, 0.15) is 0 Å². The van der Waals surface area contributed by atoms with Crippen molar-refractivity contribution in [3.63, 3.8) is 0 Å². The Morgan fingerprint density at radius 1 is 1.00 bits per heavy atom. The molecule has 3 nitrogen and oxygen atoms in total. The van der Waals surface area contributed by atoms with Crippen LogP contribution >= 0.6 is 0 Å². The van der Waals surface area contributed by atoms with Crippen LogP contribution in [0, 0.1) is 13.8 Å². The summed E-state index contributed by atoms with van der Waals surface area (Å²) in [5.74, 6) is 0. The first-order valence-corrected chi connectivity index (χ1v) is 6.69. The molecule has 0 saturated heterocycles. The molecule has 0 saturated carbocycles. The molecule has 3 heteroatoms. The third kappa shape index (κ3) is 3.18. The number of rotatable bonds is 3. The van der Waals surface area contributed by atoms with Crippen molar-refractivity contribution in [3.8, 4) is 0 Å². The van der Waals surface area contributed by atoms with E-state index in [0.29, 0.717) is 0 Å². The van der Waals surface area contributed by atoms with Gasteiger partial charge in [0.15, 0.2) is 0 Å². The molecule has 0 aliphatic carbocycles. The zero-order chi connectivity index (χ0) is 14.7. The van der Waals surface area contributed by atoms with Gasteiger partial charge in [-0.1, -0.05) is 29.3 Å². The van der Waals surface area contributed by atoms with Crippen molar-refractivity contribution in [2.75, 3.05) is 17.8 Å². The quantitative estimate of drug-likeness (QED) is 0.523. The monoisotopic (exact) mass is 267 g/mol. The molecular formula is C17H21N3. The average molecular weight is 267 g/mol. The van der Waals surface area contributed by atoms with Crippen molar-refractivity contribution in [3.05, 3.63) is 59.2 Å². The van der Waals surface area contributed by atoms with Gasteiger partial charge in [0.2, 0.25) is 0 Å². The second kappa shape index (κ2) is 5.78. The van der Waals surface area contributed by atoms with Gasteiger partial charge in [0.25, 0.3) is 0 Å². The molecule has 0 unspecified atom stereocenters. The van der Waals surface area contributed by atoms with Crippen LogP contribution in [0.4, 0.5) is 11.4 Å². The molecule has 0 aliphatic rings. The van der Waals surface area contributed by atoms with Crippen molar-refractivity contribution in [2.45, 2.75) is 20.8 Å². The van der Waals surface area contributed by atoms with E-state index in [9.17, 15) is 0 Å². The molecule has 0 bridgehead atoms. The molecule has 104 valence electrons. The Bertz CT molecular complexity index is 627. The number of hydrogen-bond donors (Lipinski definition) is 1. The minimum Gasteiger partial charge on any atom is -0.398 e. The molecule has 0 aliphatic heterocycles. The topological polar surface area (TPSA) is 41.6 Å². The van der Waals surface area contributed by atoms with Crippen LogP contribution in [0.5, 0.6) is 0 Å². The summed E-state index contributed by atoms with van der Waals surface area (Å²) in [5, 5.41) is 6.49. The lowest BCUT2D eigenvalue weighted by Gasteiger charge is -2.16. The van der Waals surface area contributed by atoms with E-state index in [1.165, 1.54) is 11.1 Å². The maximum atomic E-state index is 6.03. The Morgan fingerprint density at radius 3 is 2.25 bits per heavy atom. The molecule has 2 N–H and O–H groups in total. The normalized spacial score (nSPS) is 11.5. The van der Waals surface area contributed by atoms with Crippen LogP contribution in [-0.2, 0) is 0 Å². The van der Waals surface area contributed by atoms with Gasteiger partial charge in [-0.05, 0) is 45.0 Å². The fraction of sp³-hybridized carbons (Fsp3) is 0.235. The number of nitrogen functional groups attached to an aromatic ring is 1. The van der Waals surface area contributed by atoms with Gasteiger partial charge in [-0.25, -0.2) is 0 Å². The summed E-state index contributed by atoms with van der Waals surface area (Å²) in [5.41, 5.74) is 12.2. The largest absolute Gasteiger partial charge is 0.398 e. The molecule has 0 atom stereocenters. The molecular weight excluding hydrogens is 246 g/mol. The van der Waals surface area contributed by atoms with Gasteiger partial charge in [-0.3, -0.25) is 5.01 Å². The van der Waals surface area contributed by atoms with E-state index in [0.717, 1.165) is 22.6 Å². The highest BCUT2D eigenvalue weighted by atomic mass is 15.4. The van der Waals surface area contributed by atoms with Crippen LogP contribution in [0.2, 0.25) is 0 Å². The summed E-state index contributed by atoms with van der Waals surface area (Å²) in [7, 11) is 1.94. The maximum absolute atomic E-state index is 6.03. The van der Waals surface area contributed by atoms with Crippen molar-refractivity contribution >= 4 is 17.1 Å². The minimum atomic E-state index is 0.758. The number of hydrogen-bond acceptors (Lipinski definition) is 3. The molecule has 2 rings (SSSR count). The number of anilines is 2. The van der Waals surface area contributed by atoms with Gasteiger partial charge >= 0.3 is 0 Å². The third-order valence-corrected chi connectivity index (χ3v) is 3.31. The second-order valence-corrected chi connectivity index (χ2v) is 5.14. The molecule has 2 aromatic rings. The summed E-state index contributed by atoms with van der Waals surface area (Å²) in [6.45, 7) is 6.11. The summed E-state index contributed by atoms with van der Waals surface area (Å²) >= 11 is 0. The average Bonchev–Trinajstić information content (AvgIpc) is 2.42. The van der Waals surface area contributed by atoms with Gasteiger partial charge in [-0.15, -0.1) is 0 Å². The SMILES string of the molecule is C/C(=N\N(C)c1ccc(C)cc1)c1cc(C)ccc1N. The molecule has 0 amide bonds. The van der Waals surface area contributed by atoms with Crippen LogP contribution in [0.3, 0.4) is 0 Å². The predicted octanol–water partition coefficient (Wildman–Crippen LogP) is 3.75. The van der Waals surface area contributed by atoms with Crippen LogP contribution < -0.4 is 10.7 Å². The fourth-order valence-electron chi connectivity index (χ4n) is 2.08. The van der Waals surface area contributed by atoms with Gasteiger partial charge in [-0.2, -0.15) is 5.10 Å². The van der Waals surface area contributed by atoms with E-state index < -0.39 is 0 Å². The molecule has 20 heavy (non-hydrogen) atoms. The number of benzene rings is 2. The Kier molecular flexibility index (Phi) is 4.08. The lowest BCUT2D eigenvalue weighted by molar-refractivity contribution is 1.01. The third-order valence-electron chi connectivity index (χ3n) is 3.31. The van der Waals surface area contributed by atoms with Crippen molar-refractivity contribution in [1.29, 1.82) is 0 Å². The highest BCUT2D eigenvalue weighted by molar-refractivity contribution is 6.03. The molecule has 0 fully saturated rings. The van der Waals surface area contributed by atoms with Gasteiger partial charge in [0.05, 0.1) is 11.4 Å². The fourth-order valence-corrected chi connectivity index (χ4v) is 2.08. The van der Waals surface area contributed by atoms with Crippen molar-refractivity contribution in [1.82, 2.24) is 0 Å². The maximum Gasteiger partial charge on any atom is 0.0671 e. The zero-order valence-corrected chi connectivity index (χ0v) is 12.5. The Morgan fingerprint density at radius 2 is 1.60 bits per heavy atom. The Hall–Kier alpha value is -2.29. The number of aryl methyl sites for hydroxylation is 2. The standard InChI is InChI=1S/C17H21N3/c1-12-5-8-15(9-6-12)20(4)19-14(3)16-11-13(2)7-10-17(16)18/h5-11H,18H2,1-4H3/b19-14+. The second-order valence-electron chi connectivity index (χ2n) is 5.14. The first-order chi connectivity index (χ1) is 9.47. The Balaban J connectivity index is 2.29. The zero-order valence-electron chi connectivity index (χ0n) is 12.5. The summed E-state index contributed by atoms with van der Waals surface area (Å²) in [6.07, 6.45) is 0. The molecule has 0 aromatic heterocycles. The summed E-state index contributed by atoms with van der Waals surface area (Å²) in [4.78, 5) is 0. The highest BCUT2D eigenvalue weighted by Crippen LogP contribution is 2.18. The Labute approximate surface area is 120 Å². The number of nitrogens with two attached hydrogens (primary N) is 1. The first kappa shape index (κ1) is 14.1. The highest BCUT2D eigenvalue weighted by Gasteiger charge is 2.05. The van der Waals surface area contributed by atoms with Gasteiger partial charge in [0, 0.05) is 18.3 Å². The molecule has 0 heterocycles. The van der Waals surface area contributed by atoms with E-state index in [-0.39, 0.29) is 0 Å². The van der Waals surface area contributed by atoms with Gasteiger partial charge < -0.3 is 5.73 Å².